The molecule has 0 aromatic heterocycles. The second kappa shape index (κ2) is 3.81. The molecule has 0 spiro atoms. The third kappa shape index (κ3) is 1.30. The van der Waals surface area contributed by atoms with Crippen LogP contribution in [-0.4, -0.2) is 5.11 Å². The summed E-state index contributed by atoms with van der Waals surface area (Å²) in [7, 11) is 0. The number of phenolic OH excluding ortho intramolecular Hbond substituents is 1. The maximum Gasteiger partial charge on any atom is 0.119 e. The van der Waals surface area contributed by atoms with E-state index in [1.165, 1.54) is 31.2 Å². The molecule has 0 saturated heterocycles. The summed E-state index contributed by atoms with van der Waals surface area (Å²) in [5.74, 6) is 4.09. The Kier molecular flexibility index (Phi) is 2.43. The quantitative estimate of drug-likeness (QED) is 0.781. The second-order valence-electron chi connectivity index (χ2n) is 8.18. The second-order valence-corrected chi connectivity index (χ2v) is 8.18. The molecule has 3 aliphatic rings. The lowest BCUT2D eigenvalue weighted by atomic mass is 9.54. The Labute approximate surface area is 122 Å². The molecule has 3 saturated carbocycles. The Morgan fingerprint density at radius 2 is 1.85 bits per heavy atom. The number of hydrogen-bond acceptors (Lipinski definition) is 1. The van der Waals surface area contributed by atoms with E-state index >= 15 is 0 Å². The molecule has 1 aromatic carbocycles. The summed E-state index contributed by atoms with van der Waals surface area (Å²) in [6, 6.07) is 8.06. The minimum absolute atomic E-state index is 0.156. The van der Waals surface area contributed by atoms with E-state index in [2.05, 4.69) is 32.9 Å². The first kappa shape index (κ1) is 12.7. The van der Waals surface area contributed by atoms with Crippen LogP contribution >= 0.6 is 0 Å². The summed E-state index contributed by atoms with van der Waals surface area (Å²) in [5, 5.41) is 10.4. The van der Waals surface area contributed by atoms with E-state index in [0.29, 0.717) is 11.2 Å². The molecule has 6 atom stereocenters. The number of aromatic hydroxyl groups is 1. The van der Waals surface area contributed by atoms with Gasteiger partial charge >= 0.3 is 0 Å². The summed E-state index contributed by atoms with van der Waals surface area (Å²) in [4.78, 5) is 0. The van der Waals surface area contributed by atoms with Crippen LogP contribution in [0.4, 0.5) is 0 Å². The van der Waals surface area contributed by atoms with Gasteiger partial charge in [-0.2, -0.15) is 0 Å². The SMILES string of the molecule is CC1CCC2C3CC(C)(c4ccccc4O)C(C)(C3)C12. The van der Waals surface area contributed by atoms with Crippen molar-refractivity contribution >= 4 is 0 Å². The van der Waals surface area contributed by atoms with Crippen LogP contribution in [0, 0.1) is 29.1 Å². The van der Waals surface area contributed by atoms with E-state index in [0.717, 1.165) is 23.7 Å². The number of rotatable bonds is 1. The van der Waals surface area contributed by atoms with Gasteiger partial charge in [0, 0.05) is 11.0 Å². The van der Waals surface area contributed by atoms with E-state index < -0.39 is 0 Å². The molecule has 1 nitrogen and oxygen atoms in total. The summed E-state index contributed by atoms with van der Waals surface area (Å²) in [6.45, 7) is 7.40. The van der Waals surface area contributed by atoms with Gasteiger partial charge in [-0.3, -0.25) is 0 Å². The van der Waals surface area contributed by atoms with Crippen molar-refractivity contribution < 1.29 is 5.11 Å². The van der Waals surface area contributed by atoms with E-state index in [1.54, 1.807) is 0 Å². The fraction of sp³-hybridized carbons (Fsp3) is 0.684. The Morgan fingerprint density at radius 3 is 2.60 bits per heavy atom. The lowest BCUT2D eigenvalue weighted by Crippen LogP contribution is -2.46. The largest absolute Gasteiger partial charge is 0.508 e. The lowest BCUT2D eigenvalue weighted by molar-refractivity contribution is 0.0501. The van der Waals surface area contributed by atoms with Crippen molar-refractivity contribution in [2.75, 3.05) is 0 Å². The minimum Gasteiger partial charge on any atom is -0.508 e. The molecule has 1 aromatic rings. The van der Waals surface area contributed by atoms with E-state index in [9.17, 15) is 5.11 Å². The lowest BCUT2D eigenvalue weighted by Gasteiger charge is -2.50. The number of para-hydroxylation sites is 1. The number of hydrogen-bond donors (Lipinski definition) is 1. The van der Waals surface area contributed by atoms with Crippen molar-refractivity contribution in [3.05, 3.63) is 29.8 Å². The smallest absolute Gasteiger partial charge is 0.119 e. The molecule has 0 heterocycles. The minimum atomic E-state index is 0.156. The van der Waals surface area contributed by atoms with Crippen LogP contribution in [0.25, 0.3) is 0 Å². The highest BCUT2D eigenvalue weighted by molar-refractivity contribution is 5.42. The molecular weight excluding hydrogens is 244 g/mol. The monoisotopic (exact) mass is 270 g/mol. The van der Waals surface area contributed by atoms with Gasteiger partial charge in [-0.1, -0.05) is 45.4 Å². The van der Waals surface area contributed by atoms with Gasteiger partial charge in [-0.05, 0) is 54.4 Å². The van der Waals surface area contributed by atoms with Gasteiger partial charge in [-0.15, -0.1) is 0 Å². The van der Waals surface area contributed by atoms with Crippen molar-refractivity contribution in [3.8, 4) is 5.75 Å². The zero-order chi connectivity index (χ0) is 14.1. The maximum absolute atomic E-state index is 10.4. The molecule has 1 heteroatoms. The van der Waals surface area contributed by atoms with Crippen LogP contribution < -0.4 is 0 Å². The van der Waals surface area contributed by atoms with Gasteiger partial charge in [0.1, 0.15) is 5.75 Å². The molecule has 3 aliphatic carbocycles. The number of benzene rings is 1. The molecule has 1 N–H and O–H groups in total. The summed E-state index contributed by atoms with van der Waals surface area (Å²) in [5.41, 5.74) is 1.72. The van der Waals surface area contributed by atoms with Gasteiger partial charge in [-0.25, -0.2) is 0 Å². The molecule has 6 unspecified atom stereocenters. The summed E-state index contributed by atoms with van der Waals surface area (Å²) in [6.07, 6.45) is 5.51. The van der Waals surface area contributed by atoms with Crippen LogP contribution in [-0.2, 0) is 5.41 Å². The first-order valence-corrected chi connectivity index (χ1v) is 8.26. The first-order valence-electron chi connectivity index (χ1n) is 8.26. The third-order valence-corrected chi connectivity index (χ3v) is 7.49. The Balaban J connectivity index is 1.84. The topological polar surface area (TPSA) is 20.2 Å². The zero-order valence-electron chi connectivity index (χ0n) is 12.9. The Hall–Kier alpha value is -0.980. The molecule has 0 aliphatic heterocycles. The van der Waals surface area contributed by atoms with Crippen LogP contribution in [0.5, 0.6) is 5.75 Å². The number of fused-ring (bicyclic) bond motifs is 5. The third-order valence-electron chi connectivity index (χ3n) is 7.49. The molecule has 0 radical (unpaired) electrons. The molecule has 4 rings (SSSR count). The summed E-state index contributed by atoms with van der Waals surface area (Å²) < 4.78 is 0. The molecular formula is C19H26O. The van der Waals surface area contributed by atoms with E-state index in [-0.39, 0.29) is 5.41 Å². The van der Waals surface area contributed by atoms with Crippen molar-refractivity contribution in [2.45, 2.75) is 51.9 Å². The Morgan fingerprint density at radius 1 is 1.10 bits per heavy atom. The number of phenols is 1. The van der Waals surface area contributed by atoms with E-state index in [4.69, 9.17) is 0 Å². The van der Waals surface area contributed by atoms with E-state index in [1.807, 2.05) is 12.1 Å². The fourth-order valence-electron chi connectivity index (χ4n) is 6.63. The van der Waals surface area contributed by atoms with Gasteiger partial charge in [0.2, 0.25) is 0 Å². The van der Waals surface area contributed by atoms with Gasteiger partial charge < -0.3 is 5.11 Å². The van der Waals surface area contributed by atoms with Crippen LogP contribution in [0.1, 0.15) is 52.0 Å². The highest BCUT2D eigenvalue weighted by Gasteiger charge is 2.68. The van der Waals surface area contributed by atoms with Crippen LogP contribution in [0.3, 0.4) is 0 Å². The average Bonchev–Trinajstić information content (AvgIpc) is 3.00. The average molecular weight is 270 g/mol. The van der Waals surface area contributed by atoms with Crippen LogP contribution in [0.15, 0.2) is 24.3 Å². The normalized spacial score (nSPS) is 49.5. The summed E-state index contributed by atoms with van der Waals surface area (Å²) >= 11 is 0. The molecule has 0 amide bonds. The maximum atomic E-state index is 10.4. The zero-order valence-corrected chi connectivity index (χ0v) is 12.9. The molecule has 108 valence electrons. The Bertz CT molecular complexity index is 550. The molecule has 20 heavy (non-hydrogen) atoms. The van der Waals surface area contributed by atoms with Crippen LogP contribution in [0.2, 0.25) is 0 Å². The van der Waals surface area contributed by atoms with Gasteiger partial charge in [0.15, 0.2) is 0 Å². The molecule has 2 bridgehead atoms. The van der Waals surface area contributed by atoms with Gasteiger partial charge in [0.05, 0.1) is 0 Å². The van der Waals surface area contributed by atoms with Gasteiger partial charge in [0.25, 0.3) is 0 Å². The predicted molar refractivity (Wildman–Crippen MR) is 81.7 cm³/mol. The molecule has 3 fully saturated rings. The highest BCUT2D eigenvalue weighted by Crippen LogP contribution is 2.74. The van der Waals surface area contributed by atoms with Crippen molar-refractivity contribution in [3.63, 3.8) is 0 Å². The van der Waals surface area contributed by atoms with Crippen molar-refractivity contribution in [1.29, 1.82) is 0 Å². The highest BCUT2D eigenvalue weighted by atomic mass is 16.3. The standard InChI is InChI=1S/C19H26O/c1-12-8-9-14-13-10-18(2,19(3,11-13)17(12)14)15-6-4-5-7-16(15)20/h4-7,12-14,17,20H,8-11H2,1-3H3. The first-order chi connectivity index (χ1) is 9.47. The van der Waals surface area contributed by atoms with Crippen molar-refractivity contribution in [2.24, 2.45) is 29.1 Å². The fourth-order valence-corrected chi connectivity index (χ4v) is 6.63. The predicted octanol–water partition coefficient (Wildman–Crippen LogP) is 4.74. The van der Waals surface area contributed by atoms with Crippen molar-refractivity contribution in [1.82, 2.24) is 0 Å².